The second-order valence-corrected chi connectivity index (χ2v) is 11.3. The van der Waals surface area contributed by atoms with E-state index in [0.29, 0.717) is 32.1 Å². The molecule has 4 rings (SSSR count). The summed E-state index contributed by atoms with van der Waals surface area (Å²) in [6.45, 7) is 15.4. The quantitative estimate of drug-likeness (QED) is 0.627. The van der Waals surface area contributed by atoms with Gasteiger partial charge in [0, 0.05) is 44.5 Å². The van der Waals surface area contributed by atoms with Gasteiger partial charge >= 0.3 is 0 Å². The van der Waals surface area contributed by atoms with Gasteiger partial charge in [-0.3, -0.25) is 4.79 Å². The fourth-order valence-corrected chi connectivity index (χ4v) is 5.32. The Kier molecular flexibility index (Phi) is 7.56. The maximum atomic E-state index is 13.2. The van der Waals surface area contributed by atoms with Gasteiger partial charge in [0.25, 0.3) is 0 Å². The van der Waals surface area contributed by atoms with E-state index < -0.39 is 0 Å². The van der Waals surface area contributed by atoms with E-state index >= 15 is 0 Å². The minimum Gasteiger partial charge on any atom is -0.378 e. The largest absolute Gasteiger partial charge is 0.378 e. The number of aromatic nitrogens is 2. The SMILES string of the molecule is Cc1cccc(Cc2nc3c(c(N4CCOCC4)n2)CN(C(=O)CC(C)CC(C)(C)C)CC3)c1. The molecule has 1 aromatic carbocycles. The summed E-state index contributed by atoms with van der Waals surface area (Å²) in [5.41, 5.74) is 4.94. The summed E-state index contributed by atoms with van der Waals surface area (Å²) >= 11 is 0. The number of morpholine rings is 1. The van der Waals surface area contributed by atoms with Gasteiger partial charge in [-0.25, -0.2) is 9.97 Å². The highest BCUT2D eigenvalue weighted by Gasteiger charge is 2.29. The van der Waals surface area contributed by atoms with E-state index in [1.165, 1.54) is 11.1 Å². The Morgan fingerprint density at radius 2 is 1.91 bits per heavy atom. The summed E-state index contributed by atoms with van der Waals surface area (Å²) in [5, 5.41) is 0. The molecule has 1 aromatic heterocycles. The monoisotopic (exact) mass is 464 g/mol. The molecule has 2 aliphatic heterocycles. The van der Waals surface area contributed by atoms with E-state index in [4.69, 9.17) is 14.7 Å². The Bertz CT molecular complexity index is 1010. The highest BCUT2D eigenvalue weighted by Crippen LogP contribution is 2.30. The Hall–Kier alpha value is -2.47. The number of hydrogen-bond donors (Lipinski definition) is 0. The maximum absolute atomic E-state index is 13.2. The molecule has 1 atom stereocenters. The van der Waals surface area contributed by atoms with E-state index in [-0.39, 0.29) is 11.3 Å². The first-order valence-corrected chi connectivity index (χ1v) is 12.7. The van der Waals surface area contributed by atoms with Crippen LogP contribution in [-0.4, -0.2) is 53.6 Å². The van der Waals surface area contributed by atoms with Crippen molar-refractivity contribution < 1.29 is 9.53 Å². The number of carbonyl (C=O) groups excluding carboxylic acids is 1. The molecule has 34 heavy (non-hydrogen) atoms. The van der Waals surface area contributed by atoms with Crippen LogP contribution < -0.4 is 4.90 Å². The Labute approximate surface area is 204 Å². The fourth-order valence-electron chi connectivity index (χ4n) is 5.32. The van der Waals surface area contributed by atoms with Crippen LogP contribution in [0.3, 0.4) is 0 Å². The number of rotatable bonds is 6. The number of hydrogen-bond acceptors (Lipinski definition) is 5. The molecule has 0 aliphatic carbocycles. The van der Waals surface area contributed by atoms with Crippen LogP contribution in [-0.2, 0) is 28.9 Å². The predicted molar refractivity (Wildman–Crippen MR) is 136 cm³/mol. The van der Waals surface area contributed by atoms with Gasteiger partial charge in [-0.05, 0) is 30.2 Å². The van der Waals surface area contributed by atoms with Gasteiger partial charge < -0.3 is 14.5 Å². The van der Waals surface area contributed by atoms with Crippen molar-refractivity contribution in [3.05, 3.63) is 52.5 Å². The number of amides is 1. The molecular weight excluding hydrogens is 424 g/mol. The van der Waals surface area contributed by atoms with Crippen molar-refractivity contribution in [3.63, 3.8) is 0 Å². The molecule has 0 spiro atoms. The van der Waals surface area contributed by atoms with Gasteiger partial charge in [-0.15, -0.1) is 0 Å². The second-order valence-electron chi connectivity index (χ2n) is 11.3. The minimum atomic E-state index is 0.235. The molecule has 6 nitrogen and oxygen atoms in total. The molecule has 3 heterocycles. The van der Waals surface area contributed by atoms with Crippen LogP contribution in [0.2, 0.25) is 0 Å². The zero-order chi connectivity index (χ0) is 24.3. The highest BCUT2D eigenvalue weighted by molar-refractivity contribution is 5.77. The van der Waals surface area contributed by atoms with Gasteiger partial charge in [0.2, 0.25) is 5.91 Å². The minimum absolute atomic E-state index is 0.235. The summed E-state index contributed by atoms with van der Waals surface area (Å²) in [6.07, 6.45) is 3.16. The second kappa shape index (κ2) is 10.4. The van der Waals surface area contributed by atoms with E-state index in [9.17, 15) is 4.79 Å². The van der Waals surface area contributed by atoms with E-state index in [2.05, 4.69) is 63.8 Å². The maximum Gasteiger partial charge on any atom is 0.223 e. The van der Waals surface area contributed by atoms with Crippen LogP contribution in [0.15, 0.2) is 24.3 Å². The number of aryl methyl sites for hydroxylation is 1. The highest BCUT2D eigenvalue weighted by atomic mass is 16.5. The molecule has 184 valence electrons. The van der Waals surface area contributed by atoms with Gasteiger partial charge in [0.05, 0.1) is 25.5 Å². The Morgan fingerprint density at radius 1 is 1.15 bits per heavy atom. The third-order valence-corrected chi connectivity index (χ3v) is 6.68. The zero-order valence-corrected chi connectivity index (χ0v) is 21.6. The standard InChI is InChI=1S/C28H40N4O2/c1-20-7-6-8-22(15-20)17-25-29-24-9-10-32(26(33)16-21(2)18-28(3,4)5)19-23(24)27(30-25)31-11-13-34-14-12-31/h6-8,15,21H,9-14,16-19H2,1-5H3. The summed E-state index contributed by atoms with van der Waals surface area (Å²) < 4.78 is 5.60. The molecular formula is C28H40N4O2. The first kappa shape index (κ1) is 24.6. The van der Waals surface area contributed by atoms with Crippen molar-refractivity contribution in [2.24, 2.45) is 11.3 Å². The number of fused-ring (bicyclic) bond motifs is 1. The van der Waals surface area contributed by atoms with Crippen LogP contribution in [0.1, 0.15) is 68.7 Å². The van der Waals surface area contributed by atoms with Gasteiger partial charge in [0.1, 0.15) is 11.6 Å². The fraction of sp³-hybridized carbons (Fsp3) is 0.607. The molecule has 0 N–H and O–H groups in total. The zero-order valence-electron chi connectivity index (χ0n) is 21.6. The van der Waals surface area contributed by atoms with Gasteiger partial charge in [0.15, 0.2) is 0 Å². The molecule has 1 fully saturated rings. The average Bonchev–Trinajstić information content (AvgIpc) is 2.77. The van der Waals surface area contributed by atoms with E-state index in [1.54, 1.807) is 0 Å². The Balaban J connectivity index is 1.57. The first-order valence-electron chi connectivity index (χ1n) is 12.7. The summed E-state index contributed by atoms with van der Waals surface area (Å²) in [6, 6.07) is 8.56. The van der Waals surface area contributed by atoms with Crippen LogP contribution in [0.4, 0.5) is 5.82 Å². The molecule has 0 radical (unpaired) electrons. The summed E-state index contributed by atoms with van der Waals surface area (Å²) in [7, 11) is 0. The lowest BCUT2D eigenvalue weighted by Crippen LogP contribution is -2.41. The predicted octanol–water partition coefficient (Wildman–Crippen LogP) is 4.56. The molecule has 1 saturated heterocycles. The number of carbonyl (C=O) groups is 1. The third-order valence-electron chi connectivity index (χ3n) is 6.68. The molecule has 1 unspecified atom stereocenters. The van der Waals surface area contributed by atoms with Crippen LogP contribution in [0.5, 0.6) is 0 Å². The Morgan fingerprint density at radius 3 is 2.62 bits per heavy atom. The number of ether oxygens (including phenoxy) is 1. The molecule has 2 aliphatic rings. The van der Waals surface area contributed by atoms with Crippen molar-refractivity contribution in [2.45, 2.75) is 66.8 Å². The van der Waals surface area contributed by atoms with Crippen LogP contribution in [0, 0.1) is 18.3 Å². The average molecular weight is 465 g/mol. The van der Waals surface area contributed by atoms with Gasteiger partial charge in [-0.2, -0.15) is 0 Å². The number of nitrogens with zero attached hydrogens (tertiary/aromatic N) is 4. The lowest BCUT2D eigenvalue weighted by atomic mass is 9.84. The molecule has 1 amide bonds. The van der Waals surface area contributed by atoms with Crippen molar-refractivity contribution >= 4 is 11.7 Å². The molecule has 0 bridgehead atoms. The van der Waals surface area contributed by atoms with Crippen molar-refractivity contribution in [1.82, 2.24) is 14.9 Å². The topological polar surface area (TPSA) is 58.6 Å². The lowest BCUT2D eigenvalue weighted by molar-refractivity contribution is -0.133. The smallest absolute Gasteiger partial charge is 0.223 e. The van der Waals surface area contributed by atoms with E-state index in [1.807, 2.05) is 4.90 Å². The normalized spacial score (nSPS) is 17.4. The first-order chi connectivity index (χ1) is 16.2. The van der Waals surface area contributed by atoms with Crippen molar-refractivity contribution in [3.8, 4) is 0 Å². The number of anilines is 1. The summed E-state index contributed by atoms with van der Waals surface area (Å²) in [4.78, 5) is 27.6. The van der Waals surface area contributed by atoms with Crippen molar-refractivity contribution in [1.29, 1.82) is 0 Å². The molecule has 2 aromatic rings. The van der Waals surface area contributed by atoms with E-state index in [0.717, 1.165) is 61.8 Å². The molecule has 6 heteroatoms. The van der Waals surface area contributed by atoms with Crippen LogP contribution >= 0.6 is 0 Å². The lowest BCUT2D eigenvalue weighted by Gasteiger charge is -2.35. The van der Waals surface area contributed by atoms with Gasteiger partial charge in [-0.1, -0.05) is 57.5 Å². The molecule has 0 saturated carbocycles. The number of benzene rings is 1. The third kappa shape index (κ3) is 6.35. The van der Waals surface area contributed by atoms with Crippen LogP contribution in [0.25, 0.3) is 0 Å². The van der Waals surface area contributed by atoms with Crippen molar-refractivity contribution in [2.75, 3.05) is 37.7 Å². The summed E-state index contributed by atoms with van der Waals surface area (Å²) in [5.74, 6) is 2.49.